The summed E-state index contributed by atoms with van der Waals surface area (Å²) in [7, 11) is 0.330. The summed E-state index contributed by atoms with van der Waals surface area (Å²) in [4.78, 5) is 0. The van der Waals surface area contributed by atoms with Crippen LogP contribution in [0.3, 0.4) is 0 Å². The second-order valence-corrected chi connectivity index (χ2v) is 1.38. The van der Waals surface area contributed by atoms with Gasteiger partial charge in [0.1, 0.15) is 0 Å². The second-order valence-electron chi connectivity index (χ2n) is 1.38. The quantitative estimate of drug-likeness (QED) is 0.396. The molecule has 0 amide bonds. The zero-order valence-corrected chi connectivity index (χ0v) is 4.50. The molecular formula is C2H5B3O3. The zero-order valence-electron chi connectivity index (χ0n) is 4.50. The van der Waals surface area contributed by atoms with Gasteiger partial charge in [0, 0.05) is 0 Å². The van der Waals surface area contributed by atoms with Crippen LogP contribution in [0.15, 0.2) is 12.6 Å². The first-order valence-electron chi connectivity index (χ1n) is 2.37. The topological polar surface area (TPSA) is 27.7 Å². The maximum Gasteiger partial charge on any atom is 0.457 e. The van der Waals surface area contributed by atoms with Gasteiger partial charge in [-0.15, -0.1) is 6.58 Å². The van der Waals surface area contributed by atoms with Crippen LogP contribution in [0.5, 0.6) is 0 Å². The predicted octanol–water partition coefficient (Wildman–Crippen LogP) is -1.20. The van der Waals surface area contributed by atoms with E-state index in [4.69, 9.17) is 13.7 Å². The maximum atomic E-state index is 4.86. The Balaban J connectivity index is 2.22. The third-order valence-electron chi connectivity index (χ3n) is 0.824. The van der Waals surface area contributed by atoms with Crippen LogP contribution >= 0.6 is 0 Å². The van der Waals surface area contributed by atoms with Crippen molar-refractivity contribution in [1.29, 1.82) is 0 Å². The number of hydrogen-bond acceptors (Lipinski definition) is 3. The van der Waals surface area contributed by atoms with E-state index in [1.807, 2.05) is 0 Å². The van der Waals surface area contributed by atoms with Crippen molar-refractivity contribution in [1.82, 2.24) is 0 Å². The lowest BCUT2D eigenvalue weighted by Gasteiger charge is -2.15. The highest BCUT2D eigenvalue weighted by Gasteiger charge is 2.18. The average molecular weight is 109 g/mol. The van der Waals surface area contributed by atoms with Gasteiger partial charge >= 0.3 is 22.5 Å². The molecule has 0 unspecified atom stereocenters. The van der Waals surface area contributed by atoms with Crippen molar-refractivity contribution in [2.45, 2.75) is 0 Å². The minimum atomic E-state index is -0.274. The molecule has 6 heteroatoms. The Kier molecular flexibility index (Phi) is 2.20. The van der Waals surface area contributed by atoms with Crippen LogP contribution < -0.4 is 0 Å². The SMILES string of the molecule is C=CB1OBOBO1. The van der Waals surface area contributed by atoms with Crippen LogP contribution in [0, 0.1) is 0 Å². The molecule has 8 heavy (non-hydrogen) atoms. The standard InChI is InChI=1S/C2H5B3O3/c1-2-5-7-3-6-4-8-5/h2-4H,1H2. The zero-order chi connectivity index (χ0) is 5.82. The van der Waals surface area contributed by atoms with Crippen molar-refractivity contribution in [2.75, 3.05) is 0 Å². The van der Waals surface area contributed by atoms with Crippen molar-refractivity contribution in [2.24, 2.45) is 0 Å². The molecule has 1 fully saturated rings. The molecule has 0 saturated carbocycles. The van der Waals surface area contributed by atoms with Gasteiger partial charge in [-0.1, -0.05) is 5.98 Å². The molecule has 1 heterocycles. The van der Waals surface area contributed by atoms with E-state index >= 15 is 0 Å². The van der Waals surface area contributed by atoms with E-state index in [0.29, 0.717) is 15.4 Å². The lowest BCUT2D eigenvalue weighted by molar-refractivity contribution is 0.333. The van der Waals surface area contributed by atoms with Crippen LogP contribution in [-0.2, 0) is 13.7 Å². The van der Waals surface area contributed by atoms with Crippen molar-refractivity contribution in [3.63, 3.8) is 0 Å². The first kappa shape index (κ1) is 5.94. The summed E-state index contributed by atoms with van der Waals surface area (Å²) in [5.41, 5.74) is 0. The monoisotopic (exact) mass is 110 g/mol. The first-order valence-corrected chi connectivity index (χ1v) is 2.37. The third-order valence-corrected chi connectivity index (χ3v) is 0.824. The molecule has 1 rings (SSSR count). The van der Waals surface area contributed by atoms with Crippen molar-refractivity contribution in [3.8, 4) is 0 Å². The Morgan fingerprint density at radius 1 is 1.38 bits per heavy atom. The van der Waals surface area contributed by atoms with E-state index in [9.17, 15) is 0 Å². The summed E-state index contributed by atoms with van der Waals surface area (Å²) in [5.74, 6) is 1.59. The summed E-state index contributed by atoms with van der Waals surface area (Å²) in [6, 6.07) is 0. The first-order chi connectivity index (χ1) is 3.93. The molecule has 0 bridgehead atoms. The lowest BCUT2D eigenvalue weighted by atomic mass is 9.86. The van der Waals surface area contributed by atoms with Crippen LogP contribution in [0.4, 0.5) is 0 Å². The van der Waals surface area contributed by atoms with E-state index in [1.165, 1.54) is 0 Å². The fraction of sp³-hybridized carbons (Fsp3) is 0. The van der Waals surface area contributed by atoms with Gasteiger partial charge in [0.05, 0.1) is 0 Å². The molecule has 0 aliphatic carbocycles. The van der Waals surface area contributed by atoms with E-state index in [0.717, 1.165) is 0 Å². The largest absolute Gasteiger partial charge is 0.458 e. The molecule has 0 aromatic carbocycles. The van der Waals surface area contributed by atoms with Crippen LogP contribution in [0.25, 0.3) is 0 Å². The van der Waals surface area contributed by atoms with Crippen molar-refractivity contribution in [3.05, 3.63) is 12.6 Å². The summed E-state index contributed by atoms with van der Waals surface area (Å²) in [5, 5.41) is 0. The molecule has 1 aliphatic rings. The fourth-order valence-electron chi connectivity index (χ4n) is 0.449. The molecule has 1 saturated heterocycles. The van der Waals surface area contributed by atoms with Crippen LogP contribution in [-0.4, -0.2) is 22.5 Å². The molecule has 0 atom stereocenters. The van der Waals surface area contributed by atoms with Crippen molar-refractivity contribution < 1.29 is 13.7 Å². The fourth-order valence-corrected chi connectivity index (χ4v) is 0.449. The normalized spacial score (nSPS) is 18.8. The summed E-state index contributed by atoms with van der Waals surface area (Å²) in [6.07, 6.45) is 0. The van der Waals surface area contributed by atoms with Gasteiger partial charge in [-0.2, -0.15) is 0 Å². The smallest absolute Gasteiger partial charge is 0.457 e. The molecule has 40 valence electrons. The van der Waals surface area contributed by atoms with Gasteiger partial charge in [-0.25, -0.2) is 0 Å². The molecule has 0 spiro atoms. The Morgan fingerprint density at radius 2 is 2.00 bits per heavy atom. The molecule has 0 N–H and O–H groups in total. The number of hydrogen-bond donors (Lipinski definition) is 0. The van der Waals surface area contributed by atoms with Gasteiger partial charge in [-0.05, 0) is 0 Å². The van der Waals surface area contributed by atoms with Gasteiger partial charge in [0.15, 0.2) is 0 Å². The highest BCUT2D eigenvalue weighted by Crippen LogP contribution is 1.93. The third kappa shape index (κ3) is 1.40. The van der Waals surface area contributed by atoms with Crippen molar-refractivity contribution >= 4 is 22.5 Å². The van der Waals surface area contributed by atoms with Gasteiger partial charge < -0.3 is 13.7 Å². The van der Waals surface area contributed by atoms with Crippen LogP contribution in [0.2, 0.25) is 0 Å². The maximum absolute atomic E-state index is 4.86. The highest BCUT2D eigenvalue weighted by molar-refractivity contribution is 6.64. The molecule has 0 aromatic heterocycles. The van der Waals surface area contributed by atoms with Gasteiger partial charge in [0.25, 0.3) is 0 Å². The molecule has 1 aliphatic heterocycles. The van der Waals surface area contributed by atoms with E-state index in [-0.39, 0.29) is 7.12 Å². The Labute approximate surface area is 49.8 Å². The molecule has 0 aromatic rings. The number of rotatable bonds is 1. The second kappa shape index (κ2) is 2.97. The summed E-state index contributed by atoms with van der Waals surface area (Å²) >= 11 is 0. The Hall–Kier alpha value is -0.185. The Morgan fingerprint density at radius 3 is 2.38 bits per heavy atom. The van der Waals surface area contributed by atoms with Gasteiger partial charge in [-0.3, -0.25) is 0 Å². The molecular weight excluding hydrogens is 104 g/mol. The minimum absolute atomic E-state index is 0.274. The highest BCUT2D eigenvalue weighted by atomic mass is 16.7. The summed E-state index contributed by atoms with van der Waals surface area (Å²) < 4.78 is 14.4. The summed E-state index contributed by atoms with van der Waals surface area (Å²) in [6.45, 7) is 3.48. The average Bonchev–Trinajstić information content (AvgIpc) is 1.90. The Bertz CT molecular complexity index is 80.6. The predicted molar refractivity (Wildman–Crippen MR) is 33.5 cm³/mol. The van der Waals surface area contributed by atoms with E-state index in [2.05, 4.69) is 6.58 Å². The minimum Gasteiger partial charge on any atom is -0.458 e. The van der Waals surface area contributed by atoms with E-state index in [1.54, 1.807) is 5.98 Å². The van der Waals surface area contributed by atoms with Crippen LogP contribution in [0.1, 0.15) is 0 Å². The molecule has 3 nitrogen and oxygen atoms in total. The van der Waals surface area contributed by atoms with Gasteiger partial charge in [0.2, 0.25) is 0 Å². The lowest BCUT2D eigenvalue weighted by Crippen LogP contribution is -2.33. The van der Waals surface area contributed by atoms with E-state index < -0.39 is 0 Å². The molecule has 0 radical (unpaired) electrons.